The van der Waals surface area contributed by atoms with E-state index in [4.69, 9.17) is 4.74 Å². The van der Waals surface area contributed by atoms with Crippen LogP contribution in [0, 0.1) is 6.92 Å². The largest absolute Gasteiger partial charge is 0.494 e. The van der Waals surface area contributed by atoms with Crippen molar-refractivity contribution in [3.05, 3.63) is 42.4 Å². The first-order valence-electron chi connectivity index (χ1n) is 8.80. The Hall–Kier alpha value is -2.19. The minimum Gasteiger partial charge on any atom is -0.494 e. The molecule has 1 aromatic carbocycles. The van der Waals surface area contributed by atoms with Gasteiger partial charge in [0.25, 0.3) is 0 Å². The zero-order valence-corrected chi connectivity index (χ0v) is 15.7. The van der Waals surface area contributed by atoms with Crippen LogP contribution in [0.1, 0.15) is 19.2 Å². The van der Waals surface area contributed by atoms with Crippen molar-refractivity contribution < 1.29 is 13.2 Å². The maximum absolute atomic E-state index is 13.0. The smallest absolute Gasteiger partial charge is 0.243 e. The molecule has 2 bridgehead atoms. The summed E-state index contributed by atoms with van der Waals surface area (Å²) in [4.78, 5) is 11.1. The maximum atomic E-state index is 13.0. The van der Waals surface area contributed by atoms with Crippen LogP contribution >= 0.6 is 0 Å². The molecule has 3 aliphatic rings. The van der Waals surface area contributed by atoms with E-state index in [0.717, 1.165) is 18.1 Å². The molecule has 2 unspecified atom stereocenters. The van der Waals surface area contributed by atoms with Gasteiger partial charge in [0, 0.05) is 31.4 Å². The van der Waals surface area contributed by atoms with Gasteiger partial charge in [0.1, 0.15) is 17.4 Å². The van der Waals surface area contributed by atoms with Crippen molar-refractivity contribution in [3.63, 3.8) is 0 Å². The molecule has 0 radical (unpaired) electrons. The summed E-state index contributed by atoms with van der Waals surface area (Å²) in [6, 6.07) is 8.52. The molecular weight excluding hydrogens is 352 g/mol. The third kappa shape index (κ3) is 2.93. The van der Waals surface area contributed by atoms with Crippen LogP contribution in [0.2, 0.25) is 0 Å². The summed E-state index contributed by atoms with van der Waals surface area (Å²) in [5.74, 6) is 2.27. The van der Waals surface area contributed by atoms with Crippen LogP contribution in [0.5, 0.6) is 5.75 Å². The number of aryl methyl sites for hydroxylation is 1. The van der Waals surface area contributed by atoms with Crippen LogP contribution in [0.15, 0.2) is 41.4 Å². The topological polar surface area (TPSA) is 75.6 Å². The summed E-state index contributed by atoms with van der Waals surface area (Å²) in [6.45, 7) is 5.63. The predicted molar refractivity (Wildman–Crippen MR) is 97.8 cm³/mol. The van der Waals surface area contributed by atoms with Crippen LogP contribution in [-0.2, 0) is 10.0 Å². The van der Waals surface area contributed by atoms with Crippen molar-refractivity contribution in [2.24, 2.45) is 0 Å². The van der Waals surface area contributed by atoms with E-state index in [-0.39, 0.29) is 12.1 Å². The lowest BCUT2D eigenvalue weighted by atomic mass is 9.91. The quantitative estimate of drug-likeness (QED) is 0.795. The number of nitrogens with zero attached hydrogens (tertiary/aromatic N) is 4. The molecule has 2 atom stereocenters. The van der Waals surface area contributed by atoms with Gasteiger partial charge < -0.3 is 9.64 Å². The summed E-state index contributed by atoms with van der Waals surface area (Å²) in [5, 5.41) is 0. The second kappa shape index (κ2) is 6.51. The van der Waals surface area contributed by atoms with Gasteiger partial charge in [-0.3, -0.25) is 0 Å². The van der Waals surface area contributed by atoms with Gasteiger partial charge in [0.2, 0.25) is 10.0 Å². The number of hydrogen-bond acceptors (Lipinski definition) is 6. The van der Waals surface area contributed by atoms with Gasteiger partial charge in [-0.15, -0.1) is 0 Å². The Balaban J connectivity index is 1.51. The highest BCUT2D eigenvalue weighted by Gasteiger charge is 2.51. The maximum Gasteiger partial charge on any atom is 0.243 e. The Morgan fingerprint density at radius 3 is 2.46 bits per heavy atom. The van der Waals surface area contributed by atoms with E-state index in [2.05, 4.69) is 14.9 Å². The first-order chi connectivity index (χ1) is 12.5. The molecule has 0 amide bonds. The Morgan fingerprint density at radius 1 is 1.15 bits per heavy atom. The van der Waals surface area contributed by atoms with Gasteiger partial charge in [-0.2, -0.15) is 4.31 Å². The average molecular weight is 374 g/mol. The number of fused-ring (bicyclic) bond motifs is 2. The number of aromatic nitrogens is 2. The molecule has 4 heterocycles. The zero-order valence-electron chi connectivity index (χ0n) is 14.9. The zero-order chi connectivity index (χ0) is 18.3. The highest BCUT2D eigenvalue weighted by molar-refractivity contribution is 7.89. The number of sulfonamides is 1. The van der Waals surface area contributed by atoms with Crippen molar-refractivity contribution >= 4 is 15.8 Å². The molecule has 3 fully saturated rings. The Bertz CT molecular complexity index is 889. The van der Waals surface area contributed by atoms with Gasteiger partial charge in [0.05, 0.1) is 11.5 Å². The molecule has 138 valence electrons. The summed E-state index contributed by atoms with van der Waals surface area (Å²) in [5.41, 5.74) is 0. The number of rotatable bonds is 5. The Labute approximate surface area is 153 Å². The second-order valence-electron chi connectivity index (χ2n) is 6.65. The lowest BCUT2D eigenvalue weighted by Crippen LogP contribution is -2.70. The highest BCUT2D eigenvalue weighted by Crippen LogP contribution is 2.38. The van der Waals surface area contributed by atoms with E-state index in [9.17, 15) is 8.42 Å². The van der Waals surface area contributed by atoms with Crippen molar-refractivity contribution in [3.8, 4) is 5.75 Å². The van der Waals surface area contributed by atoms with Crippen molar-refractivity contribution in [2.45, 2.75) is 37.2 Å². The van der Waals surface area contributed by atoms with E-state index < -0.39 is 10.0 Å². The number of anilines is 1. The van der Waals surface area contributed by atoms with Gasteiger partial charge >= 0.3 is 0 Å². The predicted octanol–water partition coefficient (Wildman–Crippen LogP) is 1.84. The van der Waals surface area contributed by atoms with Crippen LogP contribution in [0.25, 0.3) is 0 Å². The Morgan fingerprint density at radius 2 is 1.85 bits per heavy atom. The van der Waals surface area contributed by atoms with Crippen molar-refractivity contribution in [2.75, 3.05) is 24.6 Å². The summed E-state index contributed by atoms with van der Waals surface area (Å²) in [7, 11) is -3.49. The molecule has 8 heteroatoms. The van der Waals surface area contributed by atoms with Gasteiger partial charge in [-0.1, -0.05) is 0 Å². The normalized spacial score (nSPS) is 22.8. The van der Waals surface area contributed by atoms with E-state index in [0.29, 0.717) is 30.3 Å². The number of benzene rings is 1. The van der Waals surface area contributed by atoms with Crippen LogP contribution in [0.4, 0.5) is 5.82 Å². The minimum absolute atomic E-state index is 0.0133. The average Bonchev–Trinajstić information content (AvgIpc) is 2.62. The third-order valence-corrected chi connectivity index (χ3v) is 6.94. The van der Waals surface area contributed by atoms with Crippen LogP contribution in [0.3, 0.4) is 0 Å². The lowest BCUT2D eigenvalue weighted by molar-refractivity contribution is 0.0874. The standard InChI is InChI=1S/C18H22N4O3S/c1-3-25-16-4-6-17(7-5-16)26(23,24)22-14-10-15(22)12-21(11-14)18-8-9-19-13(2)20-18/h4-9,14-15H,3,10-12H2,1-2H3. The van der Waals surface area contributed by atoms with Crippen LogP contribution < -0.4 is 9.64 Å². The molecule has 2 aromatic rings. The molecule has 1 aromatic heterocycles. The Kier molecular flexibility index (Phi) is 4.32. The summed E-state index contributed by atoms with van der Waals surface area (Å²) < 4.78 is 33.1. The number of piperazine rings is 1. The van der Waals surface area contributed by atoms with Gasteiger partial charge in [-0.25, -0.2) is 18.4 Å². The molecular formula is C18H22N4O3S. The third-order valence-electron chi connectivity index (χ3n) is 4.92. The lowest BCUT2D eigenvalue weighted by Gasteiger charge is -2.55. The molecule has 26 heavy (non-hydrogen) atoms. The molecule has 3 saturated heterocycles. The SMILES string of the molecule is CCOc1ccc(S(=O)(=O)N2C3CC2CN(c2ccnc(C)n2)C3)cc1. The molecule has 0 aliphatic carbocycles. The fraction of sp³-hybridized carbons (Fsp3) is 0.444. The second-order valence-corrected chi connectivity index (χ2v) is 8.49. The monoisotopic (exact) mass is 374 g/mol. The molecule has 0 saturated carbocycles. The van der Waals surface area contributed by atoms with Crippen LogP contribution in [-0.4, -0.2) is 54.5 Å². The molecule has 5 rings (SSSR count). The molecule has 3 aliphatic heterocycles. The summed E-state index contributed by atoms with van der Waals surface area (Å²) in [6.07, 6.45) is 2.64. The summed E-state index contributed by atoms with van der Waals surface area (Å²) >= 11 is 0. The van der Waals surface area contributed by atoms with E-state index >= 15 is 0 Å². The fourth-order valence-electron chi connectivity index (χ4n) is 3.77. The number of piperidine rings is 1. The minimum atomic E-state index is -3.49. The molecule has 0 spiro atoms. The molecule has 7 nitrogen and oxygen atoms in total. The molecule has 0 N–H and O–H groups in total. The van der Waals surface area contributed by atoms with Gasteiger partial charge in [-0.05, 0) is 50.6 Å². The fourth-order valence-corrected chi connectivity index (χ4v) is 5.58. The van der Waals surface area contributed by atoms with Gasteiger partial charge in [0.15, 0.2) is 0 Å². The van der Waals surface area contributed by atoms with E-state index in [1.54, 1.807) is 34.8 Å². The van der Waals surface area contributed by atoms with Crippen molar-refractivity contribution in [1.82, 2.24) is 14.3 Å². The first-order valence-corrected chi connectivity index (χ1v) is 10.2. The first kappa shape index (κ1) is 17.2. The van der Waals surface area contributed by atoms with E-state index in [1.165, 1.54) is 0 Å². The van der Waals surface area contributed by atoms with E-state index in [1.807, 2.05) is 19.9 Å². The number of hydrogen-bond donors (Lipinski definition) is 0. The van der Waals surface area contributed by atoms with Crippen molar-refractivity contribution in [1.29, 1.82) is 0 Å². The highest BCUT2D eigenvalue weighted by atomic mass is 32.2. The number of ether oxygens (including phenoxy) is 1.